The number of carbonyl (C=O) groups excluding carboxylic acids is 1. The van der Waals surface area contributed by atoms with Crippen molar-refractivity contribution in [2.45, 2.75) is 12.1 Å². The lowest BCUT2D eigenvalue weighted by atomic mass is 10.2. The minimum Gasteiger partial charge on any atom is -0.325 e. The highest BCUT2D eigenvalue weighted by atomic mass is 35.5. The molecule has 1 aromatic heterocycles. The molecule has 0 unspecified atom stereocenters. The molecule has 2 aromatic carbocycles. The van der Waals surface area contributed by atoms with Crippen LogP contribution in [0, 0.1) is 6.92 Å². The van der Waals surface area contributed by atoms with Gasteiger partial charge in [0.1, 0.15) is 0 Å². The van der Waals surface area contributed by atoms with E-state index in [4.69, 9.17) is 23.2 Å². The van der Waals surface area contributed by atoms with Gasteiger partial charge in [0.25, 0.3) is 0 Å². The summed E-state index contributed by atoms with van der Waals surface area (Å²) in [5.41, 5.74) is 2.57. The molecular formula is C18H16Cl2N4OS. The van der Waals surface area contributed by atoms with Crippen LogP contribution in [-0.4, -0.2) is 26.4 Å². The number of carbonyl (C=O) groups is 1. The van der Waals surface area contributed by atoms with E-state index in [1.165, 1.54) is 11.8 Å². The molecular weight excluding hydrogens is 391 g/mol. The molecule has 3 aromatic rings. The van der Waals surface area contributed by atoms with Crippen molar-refractivity contribution in [1.29, 1.82) is 0 Å². The summed E-state index contributed by atoms with van der Waals surface area (Å²) in [6, 6.07) is 12.9. The van der Waals surface area contributed by atoms with Gasteiger partial charge in [0.2, 0.25) is 5.91 Å². The Hall–Kier alpha value is -2.02. The minimum atomic E-state index is -0.0987. The number of thioether (sulfide) groups is 1. The third kappa shape index (κ3) is 4.20. The van der Waals surface area contributed by atoms with E-state index in [2.05, 4.69) is 15.5 Å². The Labute approximate surface area is 165 Å². The summed E-state index contributed by atoms with van der Waals surface area (Å²) in [5.74, 6) is 0.751. The molecule has 1 N–H and O–H groups in total. The molecule has 0 saturated carbocycles. The first kappa shape index (κ1) is 18.8. The highest BCUT2D eigenvalue weighted by Gasteiger charge is 2.15. The molecule has 0 aliphatic heterocycles. The molecule has 3 rings (SSSR count). The van der Waals surface area contributed by atoms with Crippen LogP contribution in [0.4, 0.5) is 5.69 Å². The number of amides is 1. The minimum absolute atomic E-state index is 0.0987. The van der Waals surface area contributed by atoms with E-state index in [1.54, 1.807) is 22.8 Å². The first-order chi connectivity index (χ1) is 12.5. The first-order valence-electron chi connectivity index (χ1n) is 7.79. The van der Waals surface area contributed by atoms with Crippen LogP contribution in [0.2, 0.25) is 10.0 Å². The number of halogens is 2. The zero-order chi connectivity index (χ0) is 18.7. The van der Waals surface area contributed by atoms with E-state index in [9.17, 15) is 4.79 Å². The van der Waals surface area contributed by atoms with E-state index in [-0.39, 0.29) is 11.7 Å². The first-order valence-corrected chi connectivity index (χ1v) is 9.53. The van der Waals surface area contributed by atoms with Crippen LogP contribution in [0.5, 0.6) is 0 Å². The van der Waals surface area contributed by atoms with Crippen LogP contribution in [-0.2, 0) is 11.8 Å². The summed E-state index contributed by atoms with van der Waals surface area (Å²) >= 11 is 13.5. The fourth-order valence-electron chi connectivity index (χ4n) is 2.38. The molecule has 0 radical (unpaired) electrons. The average molecular weight is 407 g/mol. The number of anilines is 1. The molecule has 1 heterocycles. The molecule has 0 aliphatic carbocycles. The predicted octanol–water partition coefficient (Wildman–Crippen LogP) is 4.83. The number of benzene rings is 2. The van der Waals surface area contributed by atoms with Gasteiger partial charge in [-0.15, -0.1) is 10.2 Å². The monoisotopic (exact) mass is 406 g/mol. The molecule has 0 fully saturated rings. The van der Waals surface area contributed by atoms with Gasteiger partial charge in [-0.1, -0.05) is 53.2 Å². The van der Waals surface area contributed by atoms with E-state index >= 15 is 0 Å². The van der Waals surface area contributed by atoms with Gasteiger partial charge in [-0.25, -0.2) is 0 Å². The van der Waals surface area contributed by atoms with Crippen molar-refractivity contribution in [3.63, 3.8) is 0 Å². The number of hydrogen-bond acceptors (Lipinski definition) is 4. The Balaban J connectivity index is 1.69. The SMILES string of the molecule is Cc1ccccc1NC(=O)CSc1nnc(-c2ccc(Cl)cc2Cl)n1C. The number of nitrogens with zero attached hydrogens (tertiary/aromatic N) is 3. The summed E-state index contributed by atoms with van der Waals surface area (Å²) in [5, 5.41) is 12.9. The van der Waals surface area contributed by atoms with E-state index in [0.29, 0.717) is 21.0 Å². The van der Waals surface area contributed by atoms with Crippen molar-refractivity contribution < 1.29 is 4.79 Å². The van der Waals surface area contributed by atoms with Crippen molar-refractivity contribution in [2.24, 2.45) is 7.05 Å². The van der Waals surface area contributed by atoms with Crippen LogP contribution in [0.25, 0.3) is 11.4 Å². The molecule has 5 nitrogen and oxygen atoms in total. The zero-order valence-electron chi connectivity index (χ0n) is 14.2. The zero-order valence-corrected chi connectivity index (χ0v) is 16.5. The summed E-state index contributed by atoms with van der Waals surface area (Å²) in [6.45, 7) is 1.95. The fourth-order valence-corrected chi connectivity index (χ4v) is 3.58. The largest absolute Gasteiger partial charge is 0.325 e. The van der Waals surface area contributed by atoms with Crippen LogP contribution in [0.1, 0.15) is 5.56 Å². The van der Waals surface area contributed by atoms with Crippen molar-refractivity contribution in [2.75, 3.05) is 11.1 Å². The van der Waals surface area contributed by atoms with Crippen molar-refractivity contribution >= 4 is 46.6 Å². The lowest BCUT2D eigenvalue weighted by molar-refractivity contribution is -0.113. The normalized spacial score (nSPS) is 10.8. The topological polar surface area (TPSA) is 59.8 Å². The molecule has 0 spiro atoms. The van der Waals surface area contributed by atoms with Gasteiger partial charge in [0, 0.05) is 23.3 Å². The van der Waals surface area contributed by atoms with Gasteiger partial charge >= 0.3 is 0 Å². The lowest BCUT2D eigenvalue weighted by Gasteiger charge is -2.08. The van der Waals surface area contributed by atoms with E-state index in [1.807, 2.05) is 38.2 Å². The van der Waals surface area contributed by atoms with Gasteiger partial charge in [-0.2, -0.15) is 0 Å². The van der Waals surface area contributed by atoms with E-state index in [0.717, 1.165) is 16.8 Å². The predicted molar refractivity (Wildman–Crippen MR) is 107 cm³/mol. The second kappa shape index (κ2) is 8.12. The quantitative estimate of drug-likeness (QED) is 0.616. The number of nitrogens with one attached hydrogen (secondary N) is 1. The molecule has 0 aliphatic rings. The molecule has 134 valence electrons. The van der Waals surface area contributed by atoms with E-state index < -0.39 is 0 Å². The maximum atomic E-state index is 12.2. The van der Waals surface area contributed by atoms with Gasteiger partial charge < -0.3 is 9.88 Å². The summed E-state index contributed by atoms with van der Waals surface area (Å²) in [7, 11) is 1.84. The Morgan fingerprint density at radius 2 is 1.96 bits per heavy atom. The Kier molecular flexibility index (Phi) is 5.86. The second-order valence-corrected chi connectivity index (χ2v) is 7.43. The highest BCUT2D eigenvalue weighted by molar-refractivity contribution is 7.99. The van der Waals surface area contributed by atoms with Crippen LogP contribution in [0.3, 0.4) is 0 Å². The number of aryl methyl sites for hydroxylation is 1. The van der Waals surface area contributed by atoms with Gasteiger partial charge in [-0.05, 0) is 36.8 Å². The van der Waals surface area contributed by atoms with Crippen LogP contribution in [0.15, 0.2) is 47.6 Å². The summed E-state index contributed by atoms with van der Waals surface area (Å²) < 4.78 is 1.81. The molecule has 0 saturated heterocycles. The number of rotatable bonds is 5. The third-order valence-electron chi connectivity index (χ3n) is 3.76. The molecule has 26 heavy (non-hydrogen) atoms. The second-order valence-electron chi connectivity index (χ2n) is 5.64. The number of hydrogen-bond donors (Lipinski definition) is 1. The highest BCUT2D eigenvalue weighted by Crippen LogP contribution is 2.30. The maximum Gasteiger partial charge on any atom is 0.234 e. The molecule has 0 bridgehead atoms. The van der Waals surface area contributed by atoms with Gasteiger partial charge in [0.05, 0.1) is 10.8 Å². The number of para-hydroxylation sites is 1. The summed E-state index contributed by atoms with van der Waals surface area (Å²) in [4.78, 5) is 12.2. The van der Waals surface area contributed by atoms with Crippen molar-refractivity contribution in [3.05, 3.63) is 58.1 Å². The third-order valence-corrected chi connectivity index (χ3v) is 5.33. The Morgan fingerprint density at radius 1 is 1.19 bits per heavy atom. The summed E-state index contributed by atoms with van der Waals surface area (Å²) in [6.07, 6.45) is 0. The molecule has 8 heteroatoms. The van der Waals surface area contributed by atoms with Crippen LogP contribution < -0.4 is 5.32 Å². The van der Waals surface area contributed by atoms with Crippen molar-refractivity contribution in [3.8, 4) is 11.4 Å². The number of aromatic nitrogens is 3. The van der Waals surface area contributed by atoms with Crippen LogP contribution >= 0.6 is 35.0 Å². The standard InChI is InChI=1S/C18H16Cl2N4OS/c1-11-5-3-4-6-15(11)21-16(25)10-26-18-23-22-17(24(18)2)13-8-7-12(19)9-14(13)20/h3-9H,10H2,1-2H3,(H,21,25). The smallest absolute Gasteiger partial charge is 0.234 e. The Morgan fingerprint density at radius 3 is 2.69 bits per heavy atom. The van der Waals surface area contributed by atoms with Crippen molar-refractivity contribution in [1.82, 2.24) is 14.8 Å². The average Bonchev–Trinajstić information content (AvgIpc) is 2.96. The lowest BCUT2D eigenvalue weighted by Crippen LogP contribution is -2.15. The Bertz CT molecular complexity index is 958. The fraction of sp³-hybridized carbons (Fsp3) is 0.167. The van der Waals surface area contributed by atoms with Gasteiger partial charge in [-0.3, -0.25) is 4.79 Å². The molecule has 1 amide bonds. The molecule has 0 atom stereocenters. The van der Waals surface area contributed by atoms with Gasteiger partial charge in [0.15, 0.2) is 11.0 Å². The maximum absolute atomic E-state index is 12.2.